The Hall–Kier alpha value is -3.88. The fourth-order valence-corrected chi connectivity index (χ4v) is 5.35. The predicted octanol–water partition coefficient (Wildman–Crippen LogP) is 5.83. The van der Waals surface area contributed by atoms with E-state index < -0.39 is 5.82 Å². The van der Waals surface area contributed by atoms with Gasteiger partial charge in [0.1, 0.15) is 5.82 Å². The van der Waals surface area contributed by atoms with Crippen LogP contribution in [0.25, 0.3) is 32.2 Å². The third kappa shape index (κ3) is 4.29. The maximum atomic E-state index is 15.3. The highest BCUT2D eigenvalue weighted by Crippen LogP contribution is 2.32. The predicted molar refractivity (Wildman–Crippen MR) is 143 cm³/mol. The zero-order valence-electron chi connectivity index (χ0n) is 19.7. The minimum absolute atomic E-state index is 0.139. The Morgan fingerprint density at radius 1 is 1.08 bits per heavy atom. The van der Waals surface area contributed by atoms with Crippen molar-refractivity contribution in [1.29, 1.82) is 0 Å². The highest BCUT2D eigenvalue weighted by Gasteiger charge is 2.22. The van der Waals surface area contributed by atoms with E-state index >= 15 is 4.39 Å². The molecule has 0 aliphatic carbocycles. The molecule has 36 heavy (non-hydrogen) atoms. The van der Waals surface area contributed by atoms with Crippen LogP contribution < -0.4 is 10.6 Å². The Kier molecular flexibility index (Phi) is 5.83. The first kappa shape index (κ1) is 22.6. The van der Waals surface area contributed by atoms with Gasteiger partial charge in [-0.25, -0.2) is 9.37 Å². The second kappa shape index (κ2) is 9.29. The summed E-state index contributed by atoms with van der Waals surface area (Å²) in [5.41, 5.74) is 6.91. The number of benzene rings is 3. The van der Waals surface area contributed by atoms with Crippen LogP contribution in [0.15, 0.2) is 72.4 Å². The van der Waals surface area contributed by atoms with Crippen LogP contribution >= 0.6 is 11.3 Å². The van der Waals surface area contributed by atoms with Crippen LogP contribution in [0.2, 0.25) is 0 Å². The molecule has 6 nitrogen and oxygen atoms in total. The van der Waals surface area contributed by atoms with Crippen molar-refractivity contribution in [3.63, 3.8) is 0 Å². The van der Waals surface area contributed by atoms with Crippen molar-refractivity contribution in [2.45, 2.75) is 13.0 Å². The van der Waals surface area contributed by atoms with Gasteiger partial charge in [-0.3, -0.25) is 9.78 Å². The smallest absolute Gasteiger partial charge is 0.254 e. The third-order valence-corrected chi connectivity index (χ3v) is 7.34. The highest BCUT2D eigenvalue weighted by molar-refractivity contribution is 7.16. The Bertz CT molecular complexity index is 1600. The fraction of sp³-hybridized carbons (Fsp3) is 0.179. The van der Waals surface area contributed by atoms with Crippen molar-refractivity contribution in [3.05, 3.63) is 83.8 Å². The molecule has 1 aliphatic rings. The maximum Gasteiger partial charge on any atom is 0.254 e. The number of anilines is 2. The summed E-state index contributed by atoms with van der Waals surface area (Å²) in [5, 5.41) is 7.66. The Balaban J connectivity index is 1.31. The fourth-order valence-electron chi connectivity index (χ4n) is 4.70. The van der Waals surface area contributed by atoms with Crippen LogP contribution in [0.1, 0.15) is 17.3 Å². The normalized spacial score (nSPS) is 15.9. The number of hydrogen-bond acceptors (Lipinski definition) is 6. The number of carbonyl (C=O) groups excluding carboxylic acids is 1. The molecule has 0 spiro atoms. The van der Waals surface area contributed by atoms with E-state index in [0.29, 0.717) is 24.2 Å². The molecule has 1 amide bonds. The van der Waals surface area contributed by atoms with Gasteiger partial charge in [-0.15, -0.1) is 11.3 Å². The number of piperazine rings is 1. The lowest BCUT2D eigenvalue weighted by atomic mass is 10.00. The van der Waals surface area contributed by atoms with Gasteiger partial charge in [0, 0.05) is 59.8 Å². The van der Waals surface area contributed by atoms with Gasteiger partial charge >= 0.3 is 0 Å². The van der Waals surface area contributed by atoms with Crippen molar-refractivity contribution in [1.82, 2.24) is 20.2 Å². The molecule has 2 N–H and O–H groups in total. The van der Waals surface area contributed by atoms with Gasteiger partial charge < -0.3 is 15.5 Å². The summed E-state index contributed by atoms with van der Waals surface area (Å²) in [6, 6.07) is 18.6. The molecular weight excluding hydrogens is 473 g/mol. The molecule has 1 aliphatic heterocycles. The molecule has 1 saturated heterocycles. The number of amides is 1. The van der Waals surface area contributed by atoms with Gasteiger partial charge in [0.25, 0.3) is 5.91 Å². The van der Waals surface area contributed by atoms with Crippen LogP contribution in [0, 0.1) is 5.82 Å². The average molecular weight is 498 g/mol. The summed E-state index contributed by atoms with van der Waals surface area (Å²) >= 11 is 1.61. The van der Waals surface area contributed by atoms with E-state index in [4.69, 9.17) is 0 Å². The van der Waals surface area contributed by atoms with Gasteiger partial charge in [-0.2, -0.15) is 0 Å². The molecule has 1 atom stereocenters. The Morgan fingerprint density at radius 3 is 2.86 bits per heavy atom. The maximum absolute atomic E-state index is 15.3. The number of hydrogen-bond donors (Lipinski definition) is 2. The van der Waals surface area contributed by atoms with E-state index in [0.717, 1.165) is 44.6 Å². The van der Waals surface area contributed by atoms with Crippen molar-refractivity contribution in [2.24, 2.45) is 0 Å². The Labute approximate surface area is 211 Å². The molecule has 0 bridgehead atoms. The summed E-state index contributed by atoms with van der Waals surface area (Å²) in [4.78, 5) is 23.6. The molecule has 0 saturated carbocycles. The second-order valence-electron chi connectivity index (χ2n) is 9.05. The Morgan fingerprint density at radius 2 is 2.00 bits per heavy atom. The van der Waals surface area contributed by atoms with E-state index in [1.807, 2.05) is 54.9 Å². The number of carbonyl (C=O) groups is 1. The summed E-state index contributed by atoms with van der Waals surface area (Å²) in [5.74, 6) is -0.559. The first-order valence-electron chi connectivity index (χ1n) is 11.9. The second-order valence-corrected chi connectivity index (χ2v) is 9.94. The largest absolute Gasteiger partial charge is 0.355 e. The van der Waals surface area contributed by atoms with Crippen molar-refractivity contribution in [2.75, 3.05) is 25.0 Å². The summed E-state index contributed by atoms with van der Waals surface area (Å²) in [6.45, 7) is 4.02. The molecule has 2 aromatic heterocycles. The summed E-state index contributed by atoms with van der Waals surface area (Å²) in [6.07, 6.45) is 1.75. The molecule has 1 fully saturated rings. The topological polar surface area (TPSA) is 70.2 Å². The van der Waals surface area contributed by atoms with Crippen LogP contribution in [-0.4, -0.2) is 46.5 Å². The SMILES string of the molecule is CC1CN(C(=O)c2ccc(-c3ccc4nccc(Nc5ccc6scnc6c5)c4c3)c(F)c2)CCN1. The van der Waals surface area contributed by atoms with Crippen LogP contribution in [0.4, 0.5) is 15.8 Å². The van der Waals surface area contributed by atoms with Gasteiger partial charge in [0.05, 0.1) is 21.2 Å². The first-order chi connectivity index (χ1) is 17.5. The van der Waals surface area contributed by atoms with Crippen molar-refractivity contribution in [3.8, 4) is 11.1 Å². The summed E-state index contributed by atoms with van der Waals surface area (Å²) in [7, 11) is 0. The highest BCUT2D eigenvalue weighted by atomic mass is 32.1. The minimum atomic E-state index is -0.421. The van der Waals surface area contributed by atoms with Crippen LogP contribution in [0.3, 0.4) is 0 Å². The number of fused-ring (bicyclic) bond motifs is 2. The van der Waals surface area contributed by atoms with E-state index in [-0.39, 0.29) is 11.9 Å². The third-order valence-electron chi connectivity index (χ3n) is 6.53. The number of nitrogens with one attached hydrogen (secondary N) is 2. The lowest BCUT2D eigenvalue weighted by Crippen LogP contribution is -2.51. The molecule has 3 heterocycles. The summed E-state index contributed by atoms with van der Waals surface area (Å²) < 4.78 is 16.4. The molecule has 8 heteroatoms. The van der Waals surface area contributed by atoms with Gasteiger partial charge in [-0.1, -0.05) is 12.1 Å². The average Bonchev–Trinajstić information content (AvgIpc) is 3.36. The zero-order chi connectivity index (χ0) is 24.6. The number of halogens is 1. The zero-order valence-corrected chi connectivity index (χ0v) is 20.5. The first-order valence-corrected chi connectivity index (χ1v) is 12.7. The monoisotopic (exact) mass is 497 g/mol. The number of thiazole rings is 1. The number of aromatic nitrogens is 2. The van der Waals surface area contributed by atoms with E-state index in [2.05, 4.69) is 20.6 Å². The van der Waals surface area contributed by atoms with Crippen LogP contribution in [0.5, 0.6) is 0 Å². The molecular formula is C28H24FN5OS. The quantitative estimate of drug-likeness (QED) is 0.327. The molecule has 180 valence electrons. The van der Waals surface area contributed by atoms with Crippen molar-refractivity contribution >= 4 is 49.7 Å². The lowest BCUT2D eigenvalue weighted by molar-refractivity contribution is 0.0708. The van der Waals surface area contributed by atoms with E-state index in [1.165, 1.54) is 6.07 Å². The van der Waals surface area contributed by atoms with Gasteiger partial charge in [0.2, 0.25) is 0 Å². The van der Waals surface area contributed by atoms with Gasteiger partial charge in [-0.05, 0) is 61.0 Å². The minimum Gasteiger partial charge on any atom is -0.355 e. The number of nitrogens with zero attached hydrogens (tertiary/aromatic N) is 3. The number of pyridine rings is 1. The van der Waals surface area contributed by atoms with Gasteiger partial charge in [0.15, 0.2) is 0 Å². The molecule has 1 unspecified atom stereocenters. The standard InChI is InChI=1S/C28H24FN5OS/c1-17-15-34(11-10-30-17)28(35)19-2-5-21(23(29)13-19)18-3-6-24-22(12-18)25(8-9-31-24)33-20-4-7-27-26(14-20)32-16-36-27/h2-9,12-14,16-17,30H,10-11,15H2,1H3,(H,31,33). The molecule has 5 aromatic rings. The molecule has 0 radical (unpaired) electrons. The molecule has 3 aromatic carbocycles. The lowest BCUT2D eigenvalue weighted by Gasteiger charge is -2.32. The van der Waals surface area contributed by atoms with E-state index in [9.17, 15) is 4.79 Å². The van der Waals surface area contributed by atoms with Crippen molar-refractivity contribution < 1.29 is 9.18 Å². The van der Waals surface area contributed by atoms with E-state index in [1.54, 1.807) is 34.6 Å². The molecule has 6 rings (SSSR count). The van der Waals surface area contributed by atoms with Crippen LogP contribution in [-0.2, 0) is 0 Å². The number of rotatable bonds is 4.